The highest BCUT2D eigenvalue weighted by Crippen LogP contribution is 2.37. The van der Waals surface area contributed by atoms with Crippen LogP contribution in [0, 0.1) is 5.92 Å². The first-order valence-corrected chi connectivity index (χ1v) is 15.1. The van der Waals surface area contributed by atoms with Gasteiger partial charge >= 0.3 is 18.4 Å². The fourth-order valence-electron chi connectivity index (χ4n) is 5.00. The number of alkyl halides is 3. The van der Waals surface area contributed by atoms with Gasteiger partial charge in [-0.2, -0.15) is 0 Å². The predicted octanol–water partition coefficient (Wildman–Crippen LogP) is 4.74. The molecule has 2 aromatic carbocycles. The average Bonchev–Trinajstić information content (AvgIpc) is 3.62. The second-order valence-electron chi connectivity index (χ2n) is 10.5. The number of aromatic amines is 1. The van der Waals surface area contributed by atoms with Gasteiger partial charge in [0.15, 0.2) is 0 Å². The number of benzene rings is 2. The number of nitrogens with zero attached hydrogens (tertiary/aromatic N) is 2. The molecule has 1 saturated heterocycles. The van der Waals surface area contributed by atoms with E-state index in [2.05, 4.69) is 24.8 Å². The largest absolute Gasteiger partial charge is 0.616 e. The fraction of sp³-hybridized carbons (Fsp3) is 0.379. The van der Waals surface area contributed by atoms with E-state index in [1.54, 1.807) is 55.5 Å². The first-order chi connectivity index (χ1) is 20.7. The summed E-state index contributed by atoms with van der Waals surface area (Å²) in [6, 6.07) is 8.17. The van der Waals surface area contributed by atoms with E-state index in [0.717, 1.165) is 6.07 Å². The summed E-state index contributed by atoms with van der Waals surface area (Å²) in [5.41, 5.74) is 1.12. The molecule has 3 N–H and O–H groups in total. The zero-order chi connectivity index (χ0) is 32.3. The molecule has 44 heavy (non-hydrogen) atoms. The van der Waals surface area contributed by atoms with Gasteiger partial charge in [0, 0.05) is 23.7 Å². The van der Waals surface area contributed by atoms with E-state index in [4.69, 9.17) is 0 Å². The first-order valence-electron chi connectivity index (χ1n) is 13.4. The number of H-pyrrole nitrogens is 1. The molecule has 4 rings (SSSR count). The summed E-state index contributed by atoms with van der Waals surface area (Å²) < 4.78 is 60.3. The van der Waals surface area contributed by atoms with Crippen LogP contribution in [0.1, 0.15) is 42.5 Å². The molecule has 1 fully saturated rings. The van der Waals surface area contributed by atoms with Crippen LogP contribution in [0.25, 0.3) is 22.4 Å². The van der Waals surface area contributed by atoms with Crippen LogP contribution in [0.5, 0.6) is 5.75 Å². The molecule has 2 amide bonds. The van der Waals surface area contributed by atoms with Crippen LogP contribution < -0.4 is 10.1 Å². The predicted molar refractivity (Wildman–Crippen MR) is 154 cm³/mol. The number of halogens is 3. The van der Waals surface area contributed by atoms with Crippen LogP contribution in [0.2, 0.25) is 0 Å². The molecule has 1 unspecified atom stereocenters. The molecular weight excluding hydrogens is 605 g/mol. The lowest BCUT2D eigenvalue weighted by atomic mass is 10.0. The van der Waals surface area contributed by atoms with Crippen LogP contribution in [0.3, 0.4) is 0 Å². The Bertz CT molecular complexity index is 1510. The number of likely N-dealkylation sites (tertiary alicyclic amines) is 1. The highest BCUT2D eigenvalue weighted by Gasteiger charge is 2.44. The molecule has 3 aromatic rings. The summed E-state index contributed by atoms with van der Waals surface area (Å²) in [4.78, 5) is 46.1. The molecule has 0 saturated carbocycles. The topological polar surface area (TPSA) is 157 Å². The zero-order valence-corrected chi connectivity index (χ0v) is 25.0. The second kappa shape index (κ2) is 13.2. The summed E-state index contributed by atoms with van der Waals surface area (Å²) in [6.45, 7) is 3.77. The van der Waals surface area contributed by atoms with Crippen molar-refractivity contribution in [2.75, 3.05) is 19.9 Å². The van der Waals surface area contributed by atoms with Crippen molar-refractivity contribution in [3.8, 4) is 28.1 Å². The fourth-order valence-corrected chi connectivity index (χ4v) is 5.82. The van der Waals surface area contributed by atoms with Crippen LogP contribution >= 0.6 is 0 Å². The Morgan fingerprint density at radius 3 is 2.39 bits per heavy atom. The van der Waals surface area contributed by atoms with Gasteiger partial charge in [-0.05, 0) is 29.7 Å². The molecular formula is C29H31F3N4O7S. The Kier molecular flexibility index (Phi) is 9.78. The van der Waals surface area contributed by atoms with E-state index in [1.165, 1.54) is 19.2 Å². The van der Waals surface area contributed by atoms with Crippen molar-refractivity contribution in [3.05, 3.63) is 60.0 Å². The third kappa shape index (κ3) is 7.45. The number of carboxylic acids is 1. The molecule has 0 aliphatic carbocycles. The van der Waals surface area contributed by atoms with E-state index in [0.29, 0.717) is 29.1 Å². The SMILES string of the molecule is COC(=O)N[C@H](C(=O)N1C[C@@H]([S+](C)[O-])C[C@H]1c1nc(-c2ccc(-c3ccc(C(=O)O)cc3OC(F)(F)F)cc2)c[nH]1)C(C)C. The lowest BCUT2D eigenvalue weighted by Crippen LogP contribution is -2.51. The minimum absolute atomic E-state index is 0.0422. The number of amides is 2. The van der Waals surface area contributed by atoms with Gasteiger partial charge in [-0.15, -0.1) is 13.2 Å². The van der Waals surface area contributed by atoms with Crippen molar-refractivity contribution in [3.63, 3.8) is 0 Å². The summed E-state index contributed by atoms with van der Waals surface area (Å²) in [6.07, 6.45) is -2.21. The molecule has 1 aliphatic heterocycles. The molecule has 1 aliphatic rings. The number of alkyl carbamates (subject to hydrolysis) is 1. The van der Waals surface area contributed by atoms with Crippen molar-refractivity contribution in [2.24, 2.45) is 5.92 Å². The zero-order valence-electron chi connectivity index (χ0n) is 24.2. The minimum Gasteiger partial charge on any atom is -0.616 e. The number of carbonyl (C=O) groups excluding carboxylic acids is 2. The standard InChI is InChI=1S/C29H31F3N4O7S/c1-15(2)24(35-28(40)42-3)26(37)36-14-19(44(4)41)12-22(36)25-33-13-21(34-25)17-7-5-16(6-8-17)20-10-9-18(27(38)39)11-23(20)43-29(30,31)32/h5-11,13,15,19,22,24H,12,14H2,1-4H3,(H,33,34)(H,35,40)(H,38,39)/t19-,22-,24-,44?/m0/s1. The van der Waals surface area contributed by atoms with Gasteiger partial charge in [0.05, 0.1) is 37.2 Å². The molecule has 4 atom stereocenters. The van der Waals surface area contributed by atoms with Gasteiger partial charge in [0.2, 0.25) is 5.91 Å². The van der Waals surface area contributed by atoms with Crippen molar-refractivity contribution < 1.29 is 46.7 Å². The van der Waals surface area contributed by atoms with Gasteiger partial charge in [-0.3, -0.25) is 4.79 Å². The van der Waals surface area contributed by atoms with Crippen LogP contribution in [-0.2, 0) is 20.7 Å². The average molecular weight is 637 g/mol. The van der Waals surface area contributed by atoms with E-state index in [-0.39, 0.29) is 34.7 Å². The van der Waals surface area contributed by atoms with Crippen molar-refractivity contribution >= 4 is 29.1 Å². The Labute approximate surface area is 253 Å². The summed E-state index contributed by atoms with van der Waals surface area (Å²) in [5, 5.41) is 11.4. The van der Waals surface area contributed by atoms with Crippen molar-refractivity contribution in [2.45, 2.75) is 44.0 Å². The van der Waals surface area contributed by atoms with Crippen molar-refractivity contribution in [1.82, 2.24) is 20.2 Å². The van der Waals surface area contributed by atoms with E-state index < -0.39 is 47.4 Å². The van der Waals surface area contributed by atoms with Crippen molar-refractivity contribution in [1.29, 1.82) is 0 Å². The normalized spacial score (nSPS) is 18.2. The molecule has 11 nitrogen and oxygen atoms in total. The van der Waals surface area contributed by atoms with Gasteiger partial charge in [-0.1, -0.05) is 49.3 Å². The Balaban J connectivity index is 1.61. The third-order valence-corrected chi connectivity index (χ3v) is 8.55. The number of hydrogen-bond donors (Lipinski definition) is 3. The summed E-state index contributed by atoms with van der Waals surface area (Å²) in [5.74, 6) is -2.23. The smallest absolute Gasteiger partial charge is 0.573 e. The minimum atomic E-state index is -5.03. The second-order valence-corrected chi connectivity index (χ2v) is 12.2. The number of imidazole rings is 1. The number of aromatic carboxylic acids is 1. The molecule has 236 valence electrons. The monoisotopic (exact) mass is 636 g/mol. The van der Waals surface area contributed by atoms with E-state index >= 15 is 0 Å². The molecule has 0 spiro atoms. The van der Waals surface area contributed by atoms with Gasteiger partial charge < -0.3 is 34.3 Å². The lowest BCUT2D eigenvalue weighted by molar-refractivity contribution is -0.274. The lowest BCUT2D eigenvalue weighted by Gasteiger charge is -2.29. The van der Waals surface area contributed by atoms with Gasteiger partial charge in [0.25, 0.3) is 0 Å². The number of methoxy groups -OCH3 is 1. The van der Waals surface area contributed by atoms with E-state index in [9.17, 15) is 37.2 Å². The van der Waals surface area contributed by atoms with Crippen LogP contribution in [-0.4, -0.2) is 80.1 Å². The maximum Gasteiger partial charge on any atom is 0.573 e. The number of carboxylic acid groups (broad SMARTS) is 1. The Morgan fingerprint density at radius 2 is 1.82 bits per heavy atom. The molecule has 1 aromatic heterocycles. The first kappa shape index (κ1) is 32.7. The van der Waals surface area contributed by atoms with Gasteiger partial charge in [-0.25, -0.2) is 14.6 Å². The number of nitrogens with one attached hydrogen (secondary N) is 2. The number of carbonyl (C=O) groups is 3. The molecule has 0 radical (unpaired) electrons. The maximum absolute atomic E-state index is 13.6. The Hall–Kier alpha value is -4.24. The Morgan fingerprint density at radius 1 is 1.16 bits per heavy atom. The third-order valence-electron chi connectivity index (χ3n) is 7.27. The quantitative estimate of drug-likeness (QED) is 0.284. The summed E-state index contributed by atoms with van der Waals surface area (Å²) >= 11 is -1.23. The molecule has 15 heteroatoms. The van der Waals surface area contributed by atoms with E-state index in [1.807, 2.05) is 0 Å². The number of ether oxygens (including phenoxy) is 2. The summed E-state index contributed by atoms with van der Waals surface area (Å²) in [7, 11) is 1.20. The van der Waals surface area contributed by atoms with Crippen LogP contribution in [0.15, 0.2) is 48.7 Å². The number of rotatable bonds is 9. The number of hydrogen-bond acceptors (Lipinski definition) is 7. The molecule has 2 heterocycles. The molecule has 0 bridgehead atoms. The number of aromatic nitrogens is 2. The van der Waals surface area contributed by atoms with Gasteiger partial charge in [0.1, 0.15) is 22.9 Å². The van der Waals surface area contributed by atoms with Crippen LogP contribution in [0.4, 0.5) is 18.0 Å². The highest BCUT2D eigenvalue weighted by atomic mass is 32.2. The maximum atomic E-state index is 13.6. The highest BCUT2D eigenvalue weighted by molar-refractivity contribution is 7.91.